The van der Waals surface area contributed by atoms with E-state index in [1.807, 2.05) is 27.7 Å². The third-order valence-electron chi connectivity index (χ3n) is 2.27. The van der Waals surface area contributed by atoms with Crippen molar-refractivity contribution in [1.82, 2.24) is 0 Å². The van der Waals surface area contributed by atoms with Gasteiger partial charge < -0.3 is 23.3 Å². The van der Waals surface area contributed by atoms with Gasteiger partial charge in [-0.3, -0.25) is 0 Å². The molecule has 2 aromatic carbocycles. The molecule has 7 heteroatoms. The second-order valence-corrected chi connectivity index (χ2v) is 3.64. The minimum atomic E-state index is -1.11. The zero-order valence-corrected chi connectivity index (χ0v) is 17.1. The summed E-state index contributed by atoms with van der Waals surface area (Å²) in [6.45, 7) is 8.00. The van der Waals surface area contributed by atoms with Gasteiger partial charge >= 0.3 is 49.7 Å². The number of aromatic carboxylic acids is 2. The Hall–Kier alpha value is -1.76. The van der Waals surface area contributed by atoms with Gasteiger partial charge in [-0.1, -0.05) is 52.0 Å². The number of para-hydroxylation sites is 2. The van der Waals surface area contributed by atoms with Crippen LogP contribution in [0.5, 0.6) is 11.5 Å². The number of phenols is 2. The fraction of sp³-hybridized carbons (Fsp3) is 0.222. The van der Waals surface area contributed by atoms with E-state index in [9.17, 15) is 9.59 Å². The second-order valence-electron chi connectivity index (χ2n) is 3.64. The fourth-order valence-corrected chi connectivity index (χ4v) is 1.31. The van der Waals surface area contributed by atoms with Crippen molar-refractivity contribution in [3.8, 4) is 11.5 Å². The normalized spacial score (nSPS) is 7.84. The number of hydrogen-bond acceptors (Lipinski definition) is 4. The number of benzene rings is 2. The number of aromatic hydroxyl groups is 2. The van der Waals surface area contributed by atoms with Crippen LogP contribution >= 0.6 is 0 Å². The van der Waals surface area contributed by atoms with Gasteiger partial charge in [-0.15, -0.1) is 0 Å². The summed E-state index contributed by atoms with van der Waals surface area (Å²) in [4.78, 5) is 20.5. The van der Waals surface area contributed by atoms with E-state index in [4.69, 9.17) is 20.4 Å². The molecule has 0 aromatic heterocycles. The fourth-order valence-electron chi connectivity index (χ4n) is 1.31. The number of rotatable bonds is 2. The summed E-state index contributed by atoms with van der Waals surface area (Å²) >= 11 is 0. The van der Waals surface area contributed by atoms with Gasteiger partial charge in [0.1, 0.15) is 22.6 Å². The van der Waals surface area contributed by atoms with Gasteiger partial charge in [0.25, 0.3) is 0 Å². The molecule has 0 heterocycles. The molecule has 6 nitrogen and oxygen atoms in total. The topological polar surface area (TPSA) is 115 Å². The number of carboxylic acids is 2. The molecule has 0 aliphatic rings. The van der Waals surface area contributed by atoms with Crippen molar-refractivity contribution in [3.05, 3.63) is 59.7 Å². The molecule has 136 valence electrons. The third-order valence-corrected chi connectivity index (χ3v) is 2.27. The molecule has 0 amide bonds. The predicted molar refractivity (Wildman–Crippen MR) is 101 cm³/mol. The Kier molecular flexibility index (Phi) is 19.2. The van der Waals surface area contributed by atoms with E-state index in [1.54, 1.807) is 24.3 Å². The first-order valence-corrected chi connectivity index (χ1v) is 7.46. The molecule has 0 spiro atoms. The van der Waals surface area contributed by atoms with Crippen molar-refractivity contribution in [2.24, 2.45) is 0 Å². The van der Waals surface area contributed by atoms with Crippen LogP contribution in [-0.4, -0.2) is 70.1 Å². The SMILES string of the molecule is CC.CC.O=C(O)c1ccccc1O.O=C(O)c1ccccc1O.[Ca+2].[H-].[H-]. The molecule has 2 aromatic rings. The van der Waals surface area contributed by atoms with Crippen LogP contribution in [0, 0.1) is 0 Å². The first kappa shape index (κ1) is 28.1. The Labute approximate surface area is 180 Å². The molecule has 0 saturated heterocycles. The first-order chi connectivity index (χ1) is 11.4. The Bertz CT molecular complexity index is 583. The second kappa shape index (κ2) is 17.1. The maximum Gasteiger partial charge on any atom is 2.00 e. The molecule has 0 atom stereocenters. The molecule has 0 radical (unpaired) electrons. The standard InChI is InChI=1S/2C7H6O3.2C2H6.Ca.2H/c2*8-6-4-2-1-3-5(6)7(9)10;2*1-2;;;/h2*1-4,8H,(H,9,10);2*1-2H3;;;/q;;;;+2;2*-1. The van der Waals surface area contributed by atoms with Gasteiger partial charge in [-0.05, 0) is 24.3 Å². The Morgan fingerprint density at radius 3 is 1.08 bits per heavy atom. The van der Waals surface area contributed by atoms with Crippen LogP contribution in [0.3, 0.4) is 0 Å². The summed E-state index contributed by atoms with van der Waals surface area (Å²) in [5, 5.41) is 34.6. The van der Waals surface area contributed by atoms with E-state index in [0.717, 1.165) is 0 Å². The summed E-state index contributed by atoms with van der Waals surface area (Å²) in [5.41, 5.74) is -0.134. The van der Waals surface area contributed by atoms with E-state index in [-0.39, 0.29) is 63.2 Å². The molecule has 0 unspecified atom stereocenters. The van der Waals surface area contributed by atoms with Gasteiger partial charge in [0.15, 0.2) is 0 Å². The summed E-state index contributed by atoms with van der Waals surface area (Å²) in [5.74, 6) is -2.62. The Morgan fingerprint density at radius 2 is 0.920 bits per heavy atom. The van der Waals surface area contributed by atoms with E-state index < -0.39 is 11.9 Å². The molecular formula is C18H26CaO6. The molecule has 4 N–H and O–H groups in total. The maximum absolute atomic E-state index is 10.3. The van der Waals surface area contributed by atoms with Gasteiger partial charge in [0.05, 0.1) is 0 Å². The number of carbonyl (C=O) groups is 2. The van der Waals surface area contributed by atoms with E-state index in [1.165, 1.54) is 24.3 Å². The molecule has 0 aliphatic heterocycles. The van der Waals surface area contributed by atoms with Crippen molar-refractivity contribution >= 4 is 49.7 Å². The summed E-state index contributed by atoms with van der Waals surface area (Å²) in [6, 6.07) is 11.6. The zero-order chi connectivity index (χ0) is 19.1. The van der Waals surface area contributed by atoms with Crippen molar-refractivity contribution < 1.29 is 32.9 Å². The summed E-state index contributed by atoms with van der Waals surface area (Å²) in [7, 11) is 0. The van der Waals surface area contributed by atoms with Crippen LogP contribution in [0.15, 0.2) is 48.5 Å². The van der Waals surface area contributed by atoms with Gasteiger partial charge in [0.2, 0.25) is 0 Å². The van der Waals surface area contributed by atoms with E-state index >= 15 is 0 Å². The van der Waals surface area contributed by atoms with Gasteiger partial charge in [-0.2, -0.15) is 0 Å². The number of carboxylic acid groups (broad SMARTS) is 2. The van der Waals surface area contributed by atoms with Crippen LogP contribution in [-0.2, 0) is 0 Å². The van der Waals surface area contributed by atoms with Crippen molar-refractivity contribution in [2.45, 2.75) is 27.7 Å². The van der Waals surface area contributed by atoms with Crippen molar-refractivity contribution in [2.75, 3.05) is 0 Å². The maximum atomic E-state index is 10.3. The predicted octanol–water partition coefficient (Wildman–Crippen LogP) is 4.08. The van der Waals surface area contributed by atoms with Crippen LogP contribution in [0.2, 0.25) is 0 Å². The van der Waals surface area contributed by atoms with Gasteiger partial charge in [-0.25, -0.2) is 9.59 Å². The van der Waals surface area contributed by atoms with Crippen LogP contribution in [0.4, 0.5) is 0 Å². The number of hydrogen-bond donors (Lipinski definition) is 4. The van der Waals surface area contributed by atoms with Crippen molar-refractivity contribution in [3.63, 3.8) is 0 Å². The molecular weight excluding hydrogens is 352 g/mol. The average Bonchev–Trinajstić information content (AvgIpc) is 2.59. The van der Waals surface area contributed by atoms with E-state index in [0.29, 0.717) is 0 Å². The summed E-state index contributed by atoms with van der Waals surface area (Å²) < 4.78 is 0. The molecule has 2 rings (SSSR count). The Balaban J connectivity index is -0.0000000921. The molecule has 25 heavy (non-hydrogen) atoms. The molecule has 0 aliphatic carbocycles. The Morgan fingerprint density at radius 1 is 0.680 bits per heavy atom. The molecule has 0 saturated carbocycles. The minimum absolute atomic E-state index is 0. The zero-order valence-electron chi connectivity index (χ0n) is 16.9. The van der Waals surface area contributed by atoms with Gasteiger partial charge in [0, 0.05) is 0 Å². The molecule has 0 bridgehead atoms. The third kappa shape index (κ3) is 11.4. The molecule has 0 fully saturated rings. The quantitative estimate of drug-likeness (QED) is 0.585. The first-order valence-electron chi connectivity index (χ1n) is 7.46. The smallest absolute Gasteiger partial charge is 1.00 e. The van der Waals surface area contributed by atoms with Crippen LogP contribution < -0.4 is 0 Å². The van der Waals surface area contributed by atoms with E-state index in [2.05, 4.69) is 0 Å². The van der Waals surface area contributed by atoms with Crippen LogP contribution in [0.1, 0.15) is 51.3 Å². The van der Waals surface area contributed by atoms with Crippen LogP contribution in [0.25, 0.3) is 0 Å². The minimum Gasteiger partial charge on any atom is -1.00 e. The average molecular weight is 378 g/mol. The summed E-state index contributed by atoms with van der Waals surface area (Å²) in [6.07, 6.45) is 0. The largest absolute Gasteiger partial charge is 2.00 e. The van der Waals surface area contributed by atoms with Crippen molar-refractivity contribution in [1.29, 1.82) is 0 Å². The monoisotopic (exact) mass is 378 g/mol.